The molecule has 0 aliphatic carbocycles. The smallest absolute Gasteiger partial charge is 0.352 e. The number of thiol groups is 1. The van der Waals surface area contributed by atoms with Crippen LogP contribution in [0.4, 0.5) is 13.2 Å². The molecule has 0 aliphatic rings. The summed E-state index contributed by atoms with van der Waals surface area (Å²) in [5, 5.41) is 8.53. The standard InChI is InChI=1S/C23H26Cl2F3NO2S/c1-13-8-14(6-7-18(13)20(30-5)31-21(2,3)4)19(29)12-22(32,23(26,27)28)15-9-16(24)11-17(25)10-15/h6-11,20,29,32H,12H2,1-5H3. The first kappa shape index (κ1) is 27.0. The van der Waals surface area contributed by atoms with Gasteiger partial charge in [-0.2, -0.15) is 25.8 Å². The quantitative estimate of drug-likeness (QED) is 0.227. The van der Waals surface area contributed by atoms with Gasteiger partial charge in [0.2, 0.25) is 0 Å². The maximum Gasteiger partial charge on any atom is 0.407 e. The summed E-state index contributed by atoms with van der Waals surface area (Å²) >= 11 is 15.8. The zero-order chi connectivity index (χ0) is 24.5. The third-order valence-corrected chi connectivity index (χ3v) is 5.89. The highest BCUT2D eigenvalue weighted by Gasteiger charge is 2.54. The molecule has 176 valence electrons. The second-order valence-corrected chi connectivity index (χ2v) is 10.2. The Hall–Kier alpha value is -1.25. The Morgan fingerprint density at radius 3 is 2.06 bits per heavy atom. The minimum atomic E-state index is -4.76. The Morgan fingerprint density at radius 2 is 1.62 bits per heavy atom. The van der Waals surface area contributed by atoms with Crippen LogP contribution in [0.3, 0.4) is 0 Å². The lowest BCUT2D eigenvalue weighted by atomic mass is 9.88. The van der Waals surface area contributed by atoms with Crippen molar-refractivity contribution < 1.29 is 22.6 Å². The number of alkyl halides is 3. The van der Waals surface area contributed by atoms with Gasteiger partial charge in [0.15, 0.2) is 6.29 Å². The van der Waals surface area contributed by atoms with Crippen molar-refractivity contribution in [1.82, 2.24) is 0 Å². The van der Waals surface area contributed by atoms with Gasteiger partial charge < -0.3 is 14.9 Å². The maximum atomic E-state index is 14.1. The van der Waals surface area contributed by atoms with E-state index >= 15 is 0 Å². The largest absolute Gasteiger partial charge is 0.407 e. The molecule has 1 N–H and O–H groups in total. The number of ether oxygens (including phenoxy) is 2. The molecule has 0 saturated heterocycles. The van der Waals surface area contributed by atoms with E-state index in [1.807, 2.05) is 20.8 Å². The predicted octanol–water partition coefficient (Wildman–Crippen LogP) is 7.91. The summed E-state index contributed by atoms with van der Waals surface area (Å²) in [5.41, 5.74) is 0.887. The molecule has 0 bridgehead atoms. The van der Waals surface area contributed by atoms with Gasteiger partial charge in [-0.25, -0.2) is 0 Å². The van der Waals surface area contributed by atoms with Crippen LogP contribution in [0.25, 0.3) is 0 Å². The SMILES string of the molecule is COC(OC(C)(C)C)c1ccc(C(=N)CC(S)(c2cc(Cl)cc(Cl)c2)C(F)(F)F)cc1C. The topological polar surface area (TPSA) is 42.3 Å². The van der Waals surface area contributed by atoms with Crippen molar-refractivity contribution in [2.75, 3.05) is 7.11 Å². The van der Waals surface area contributed by atoms with Crippen molar-refractivity contribution in [1.29, 1.82) is 5.41 Å². The number of hydrogen-bond donors (Lipinski definition) is 2. The van der Waals surface area contributed by atoms with Crippen LogP contribution < -0.4 is 0 Å². The zero-order valence-electron chi connectivity index (χ0n) is 18.4. The number of hydrogen-bond acceptors (Lipinski definition) is 4. The summed E-state index contributed by atoms with van der Waals surface area (Å²) in [6, 6.07) is 8.61. The van der Waals surface area contributed by atoms with Crippen LogP contribution in [0.15, 0.2) is 36.4 Å². The molecule has 2 rings (SSSR count). The van der Waals surface area contributed by atoms with Crippen LogP contribution in [-0.2, 0) is 14.2 Å². The van der Waals surface area contributed by atoms with E-state index in [1.165, 1.54) is 25.3 Å². The number of aryl methyl sites for hydroxylation is 1. The number of rotatable bonds is 7. The number of halogens is 5. The maximum absolute atomic E-state index is 14.1. The highest BCUT2D eigenvalue weighted by atomic mass is 35.5. The summed E-state index contributed by atoms with van der Waals surface area (Å²) < 4.78 is 51.0. The summed E-state index contributed by atoms with van der Waals surface area (Å²) in [7, 11) is 1.51. The number of benzene rings is 2. The number of methoxy groups -OCH3 is 1. The minimum Gasteiger partial charge on any atom is -0.352 e. The fraction of sp³-hybridized carbons (Fsp3) is 0.435. The van der Waals surface area contributed by atoms with Crippen molar-refractivity contribution in [3.05, 3.63) is 68.7 Å². The van der Waals surface area contributed by atoms with E-state index in [0.717, 1.165) is 11.1 Å². The van der Waals surface area contributed by atoms with Crippen molar-refractivity contribution >= 4 is 41.5 Å². The summed E-state index contributed by atoms with van der Waals surface area (Å²) in [4.78, 5) is 0. The van der Waals surface area contributed by atoms with Crippen LogP contribution in [0.1, 0.15) is 55.7 Å². The van der Waals surface area contributed by atoms with Gasteiger partial charge in [-0.3, -0.25) is 0 Å². The fourth-order valence-electron chi connectivity index (χ4n) is 3.20. The van der Waals surface area contributed by atoms with Crippen LogP contribution in [0, 0.1) is 12.3 Å². The van der Waals surface area contributed by atoms with Crippen LogP contribution in [-0.4, -0.2) is 24.6 Å². The molecule has 2 aromatic carbocycles. The molecule has 0 radical (unpaired) electrons. The van der Waals surface area contributed by atoms with Crippen LogP contribution in [0.2, 0.25) is 10.0 Å². The van der Waals surface area contributed by atoms with Gasteiger partial charge in [-0.1, -0.05) is 35.3 Å². The molecule has 0 saturated carbocycles. The Kier molecular flexibility index (Phi) is 8.38. The monoisotopic (exact) mass is 507 g/mol. The molecule has 0 spiro atoms. The van der Waals surface area contributed by atoms with Gasteiger partial charge in [-0.15, -0.1) is 0 Å². The van der Waals surface area contributed by atoms with E-state index in [0.29, 0.717) is 5.56 Å². The molecule has 9 heteroatoms. The minimum absolute atomic E-state index is 0.0614. The highest BCUT2D eigenvalue weighted by Crippen LogP contribution is 2.48. The highest BCUT2D eigenvalue weighted by molar-refractivity contribution is 7.81. The van der Waals surface area contributed by atoms with Gasteiger partial charge in [0, 0.05) is 34.9 Å². The molecule has 2 aromatic rings. The normalized spacial score (nSPS) is 15.3. The van der Waals surface area contributed by atoms with E-state index < -0.39 is 29.2 Å². The average Bonchev–Trinajstić information content (AvgIpc) is 2.63. The summed E-state index contributed by atoms with van der Waals surface area (Å²) in [6.45, 7) is 7.47. The lowest BCUT2D eigenvalue weighted by Gasteiger charge is -2.32. The van der Waals surface area contributed by atoms with Crippen molar-refractivity contribution in [3.8, 4) is 0 Å². The Bertz CT molecular complexity index is 972. The summed E-state index contributed by atoms with van der Waals surface area (Å²) in [6.07, 6.45) is -6.11. The van der Waals surface area contributed by atoms with Crippen molar-refractivity contribution in [2.24, 2.45) is 0 Å². The van der Waals surface area contributed by atoms with E-state index in [9.17, 15) is 13.2 Å². The molecule has 2 unspecified atom stereocenters. The average molecular weight is 508 g/mol. The van der Waals surface area contributed by atoms with Crippen LogP contribution in [0.5, 0.6) is 0 Å². The number of nitrogens with one attached hydrogen (secondary N) is 1. The summed E-state index contributed by atoms with van der Waals surface area (Å²) in [5.74, 6) is 0. The van der Waals surface area contributed by atoms with Crippen molar-refractivity contribution in [2.45, 2.75) is 56.9 Å². The first-order valence-electron chi connectivity index (χ1n) is 9.72. The van der Waals surface area contributed by atoms with E-state index in [1.54, 1.807) is 25.1 Å². The van der Waals surface area contributed by atoms with Crippen molar-refractivity contribution in [3.63, 3.8) is 0 Å². The molecule has 0 aliphatic heterocycles. The van der Waals surface area contributed by atoms with E-state index in [-0.39, 0.29) is 21.3 Å². The van der Waals surface area contributed by atoms with Gasteiger partial charge in [0.25, 0.3) is 0 Å². The second-order valence-electron chi connectivity index (χ2n) is 8.54. The molecule has 3 nitrogen and oxygen atoms in total. The van der Waals surface area contributed by atoms with Gasteiger partial charge in [-0.05, 0) is 68.7 Å². The fourth-order valence-corrected chi connectivity index (χ4v) is 4.02. The molecular weight excluding hydrogens is 482 g/mol. The van der Waals surface area contributed by atoms with Gasteiger partial charge in [0.05, 0.1) is 5.60 Å². The third kappa shape index (κ3) is 6.41. The molecule has 0 aromatic heterocycles. The zero-order valence-corrected chi connectivity index (χ0v) is 20.8. The lowest BCUT2D eigenvalue weighted by Crippen LogP contribution is -2.39. The molecule has 2 atom stereocenters. The molecular formula is C23H26Cl2F3NO2S. The van der Waals surface area contributed by atoms with Gasteiger partial charge >= 0.3 is 6.18 Å². The molecule has 32 heavy (non-hydrogen) atoms. The first-order valence-corrected chi connectivity index (χ1v) is 10.9. The second kappa shape index (κ2) is 9.94. The lowest BCUT2D eigenvalue weighted by molar-refractivity contribution is -0.186. The van der Waals surface area contributed by atoms with Crippen LogP contribution >= 0.6 is 35.8 Å². The Labute approximate surface area is 202 Å². The van der Waals surface area contributed by atoms with Gasteiger partial charge in [0.1, 0.15) is 4.75 Å². The molecule has 0 heterocycles. The Balaban J connectivity index is 2.40. The predicted molar refractivity (Wildman–Crippen MR) is 126 cm³/mol. The van der Waals surface area contributed by atoms with E-state index in [4.69, 9.17) is 38.1 Å². The Morgan fingerprint density at radius 1 is 1.06 bits per heavy atom. The van der Waals surface area contributed by atoms with E-state index in [2.05, 4.69) is 12.6 Å². The third-order valence-electron chi connectivity index (χ3n) is 4.79. The molecule has 0 amide bonds. The molecule has 0 fully saturated rings. The first-order chi connectivity index (χ1) is 14.6.